The molecule has 48 valence electrons. The number of rotatable bonds is 1. The normalized spacial score (nSPS) is 9.44. The van der Waals surface area contributed by atoms with Crippen molar-refractivity contribution < 1.29 is 4.79 Å². The van der Waals surface area contributed by atoms with E-state index < -0.39 is 0 Å². The van der Waals surface area contributed by atoms with E-state index in [0.717, 1.165) is 11.3 Å². The highest BCUT2D eigenvalue weighted by Gasteiger charge is 2.01. The van der Waals surface area contributed by atoms with Gasteiger partial charge in [-0.25, -0.2) is 0 Å². The Kier molecular flexibility index (Phi) is 1.82. The van der Waals surface area contributed by atoms with E-state index in [1.165, 1.54) is 0 Å². The van der Waals surface area contributed by atoms with Crippen LogP contribution >= 0.6 is 27.3 Å². The van der Waals surface area contributed by atoms with E-state index in [9.17, 15) is 9.59 Å². The average Bonchev–Trinajstić information content (AvgIpc) is 2.10. The first kappa shape index (κ1) is 6.70. The van der Waals surface area contributed by atoms with Crippen molar-refractivity contribution in [3.63, 3.8) is 0 Å². The van der Waals surface area contributed by atoms with Gasteiger partial charge in [0.2, 0.25) is 0 Å². The second kappa shape index (κ2) is 2.45. The van der Waals surface area contributed by atoms with E-state index in [1.807, 2.05) is 0 Å². The number of halogens is 1. The topological polar surface area (TPSA) is 49.9 Å². The molecular weight excluding hydrogens is 206 g/mol. The summed E-state index contributed by atoms with van der Waals surface area (Å²) >= 11 is 3.89. The van der Waals surface area contributed by atoms with Gasteiger partial charge in [0.25, 0.3) is 0 Å². The standard InChI is InChI=1S/C4H2BrNO2S/c5-3-2(1-7)9-4(8)6-3/h1H,(H,6,8). The fourth-order valence-electron chi connectivity index (χ4n) is 0.397. The summed E-state index contributed by atoms with van der Waals surface area (Å²) in [4.78, 5) is 23.1. The van der Waals surface area contributed by atoms with Gasteiger partial charge in [0.05, 0.1) is 0 Å². The number of hydrogen-bond acceptors (Lipinski definition) is 3. The number of nitrogens with one attached hydrogen (secondary N) is 1. The molecule has 0 saturated heterocycles. The van der Waals surface area contributed by atoms with Crippen LogP contribution in [0.1, 0.15) is 9.67 Å². The molecule has 0 aliphatic heterocycles. The number of carbonyl (C=O) groups excluding carboxylic acids is 1. The van der Waals surface area contributed by atoms with E-state index in [1.54, 1.807) is 0 Å². The van der Waals surface area contributed by atoms with Crippen molar-refractivity contribution in [3.05, 3.63) is 19.1 Å². The molecule has 1 aromatic rings. The molecule has 0 radical (unpaired) electrons. The number of aldehydes is 1. The van der Waals surface area contributed by atoms with E-state index in [-0.39, 0.29) is 4.87 Å². The Morgan fingerprint density at radius 3 is 2.56 bits per heavy atom. The Labute approximate surface area is 62.8 Å². The molecule has 0 aromatic carbocycles. The molecule has 0 aliphatic rings. The summed E-state index contributed by atoms with van der Waals surface area (Å²) < 4.78 is 0.465. The molecule has 1 aromatic heterocycles. The van der Waals surface area contributed by atoms with Crippen LogP contribution in [-0.2, 0) is 0 Å². The van der Waals surface area contributed by atoms with Crippen LogP contribution in [0.5, 0.6) is 0 Å². The average molecular weight is 208 g/mol. The van der Waals surface area contributed by atoms with Gasteiger partial charge < -0.3 is 4.98 Å². The highest BCUT2D eigenvalue weighted by Crippen LogP contribution is 2.11. The Balaban J connectivity index is 3.31. The number of aromatic nitrogens is 1. The summed E-state index contributed by atoms with van der Waals surface area (Å²) in [6, 6.07) is 0. The number of carbonyl (C=O) groups is 1. The predicted octanol–water partition coefficient (Wildman–Crippen LogP) is 1.01. The minimum Gasteiger partial charge on any atom is -0.306 e. The van der Waals surface area contributed by atoms with Crippen LogP contribution in [0, 0.1) is 0 Å². The fraction of sp³-hybridized carbons (Fsp3) is 0. The van der Waals surface area contributed by atoms with Crippen LogP contribution in [0.15, 0.2) is 9.40 Å². The zero-order valence-electron chi connectivity index (χ0n) is 4.18. The highest BCUT2D eigenvalue weighted by molar-refractivity contribution is 9.10. The molecule has 0 fully saturated rings. The van der Waals surface area contributed by atoms with Crippen molar-refractivity contribution in [1.82, 2.24) is 4.98 Å². The minimum absolute atomic E-state index is 0.219. The lowest BCUT2D eigenvalue weighted by atomic mass is 10.6. The van der Waals surface area contributed by atoms with E-state index in [2.05, 4.69) is 20.9 Å². The molecule has 0 unspecified atom stereocenters. The van der Waals surface area contributed by atoms with Gasteiger partial charge in [0.15, 0.2) is 6.29 Å². The monoisotopic (exact) mass is 207 g/mol. The Morgan fingerprint density at radius 1 is 1.67 bits per heavy atom. The first-order chi connectivity index (χ1) is 4.24. The second-order valence-corrected chi connectivity index (χ2v) is 3.12. The molecule has 1 N–H and O–H groups in total. The summed E-state index contributed by atoms with van der Waals surface area (Å²) in [7, 11) is 0. The molecule has 9 heavy (non-hydrogen) atoms. The Morgan fingerprint density at radius 2 is 2.33 bits per heavy atom. The summed E-state index contributed by atoms with van der Waals surface area (Å²) in [5.74, 6) is 0. The van der Waals surface area contributed by atoms with Crippen molar-refractivity contribution in [2.75, 3.05) is 0 Å². The van der Waals surface area contributed by atoms with Crippen molar-refractivity contribution in [1.29, 1.82) is 0 Å². The number of aromatic amines is 1. The third-order valence-corrected chi connectivity index (χ3v) is 2.43. The maximum atomic E-state index is 10.4. The van der Waals surface area contributed by atoms with Crippen molar-refractivity contribution >= 4 is 33.6 Å². The van der Waals surface area contributed by atoms with Gasteiger partial charge in [-0.05, 0) is 15.9 Å². The van der Waals surface area contributed by atoms with Crippen LogP contribution in [0.3, 0.4) is 0 Å². The first-order valence-corrected chi connectivity index (χ1v) is 3.69. The van der Waals surface area contributed by atoms with Gasteiger partial charge in [0.1, 0.15) is 9.48 Å². The lowest BCUT2D eigenvalue weighted by Gasteiger charge is -1.75. The fourth-order valence-corrected chi connectivity index (χ4v) is 1.59. The molecule has 0 aliphatic carbocycles. The first-order valence-electron chi connectivity index (χ1n) is 2.08. The van der Waals surface area contributed by atoms with Crippen LogP contribution in [0.4, 0.5) is 0 Å². The maximum absolute atomic E-state index is 10.4. The van der Waals surface area contributed by atoms with Crippen molar-refractivity contribution in [3.8, 4) is 0 Å². The summed E-state index contributed by atoms with van der Waals surface area (Å²) in [6.07, 6.45) is 0.632. The molecular formula is C4H2BrNO2S. The van der Waals surface area contributed by atoms with Crippen molar-refractivity contribution in [2.24, 2.45) is 0 Å². The summed E-state index contributed by atoms with van der Waals surface area (Å²) in [6.45, 7) is 0. The third-order valence-electron chi connectivity index (χ3n) is 0.738. The van der Waals surface area contributed by atoms with Gasteiger partial charge in [0, 0.05) is 0 Å². The van der Waals surface area contributed by atoms with E-state index in [4.69, 9.17) is 0 Å². The van der Waals surface area contributed by atoms with Gasteiger partial charge in [-0.15, -0.1) is 0 Å². The molecule has 5 heteroatoms. The summed E-state index contributed by atoms with van der Waals surface area (Å²) in [5, 5.41) is 0. The van der Waals surface area contributed by atoms with Gasteiger partial charge in [-0.1, -0.05) is 11.3 Å². The van der Waals surface area contributed by atoms with Gasteiger partial charge in [-0.3, -0.25) is 9.59 Å². The molecule has 0 saturated carbocycles. The van der Waals surface area contributed by atoms with Gasteiger partial charge >= 0.3 is 4.87 Å². The predicted molar refractivity (Wildman–Crippen MR) is 38.0 cm³/mol. The molecule has 0 atom stereocenters. The molecule has 3 nitrogen and oxygen atoms in total. The Hall–Kier alpha value is -0.420. The second-order valence-electron chi connectivity index (χ2n) is 1.31. The van der Waals surface area contributed by atoms with Gasteiger partial charge in [-0.2, -0.15) is 0 Å². The number of H-pyrrole nitrogens is 1. The lowest BCUT2D eigenvalue weighted by Crippen LogP contribution is -1.89. The quantitative estimate of drug-likeness (QED) is 0.700. The van der Waals surface area contributed by atoms with Crippen LogP contribution in [-0.4, -0.2) is 11.3 Å². The molecule has 0 bridgehead atoms. The zero-order chi connectivity index (χ0) is 6.85. The molecule has 1 rings (SSSR count). The largest absolute Gasteiger partial charge is 0.306 e. The smallest absolute Gasteiger partial charge is 0.306 e. The lowest BCUT2D eigenvalue weighted by molar-refractivity contribution is 0.112. The summed E-state index contributed by atoms with van der Waals surface area (Å²) in [5.41, 5.74) is 0. The van der Waals surface area contributed by atoms with E-state index >= 15 is 0 Å². The van der Waals surface area contributed by atoms with Crippen LogP contribution in [0.2, 0.25) is 0 Å². The van der Waals surface area contributed by atoms with Crippen LogP contribution < -0.4 is 4.87 Å². The maximum Gasteiger partial charge on any atom is 0.306 e. The van der Waals surface area contributed by atoms with Crippen LogP contribution in [0.25, 0.3) is 0 Å². The minimum atomic E-state index is -0.219. The molecule has 1 heterocycles. The van der Waals surface area contributed by atoms with E-state index in [0.29, 0.717) is 15.8 Å². The Bertz CT molecular complexity index is 276. The zero-order valence-corrected chi connectivity index (χ0v) is 6.58. The number of thiazole rings is 1. The third kappa shape index (κ3) is 1.28. The highest BCUT2D eigenvalue weighted by atomic mass is 79.9. The molecule has 0 spiro atoms. The molecule has 0 amide bonds. The SMILES string of the molecule is O=Cc1sc(=O)[nH]c1Br. The van der Waals surface area contributed by atoms with Crippen molar-refractivity contribution in [2.45, 2.75) is 0 Å². The number of hydrogen-bond donors (Lipinski definition) is 1.